The molecule has 0 aromatic heterocycles. The molecule has 0 saturated heterocycles. The Bertz CT molecular complexity index is 578. The summed E-state index contributed by atoms with van der Waals surface area (Å²) in [6.45, 7) is 7.00. The average molecular weight is 337 g/mol. The summed E-state index contributed by atoms with van der Waals surface area (Å²) in [4.78, 5) is 0. The van der Waals surface area contributed by atoms with E-state index in [1.54, 1.807) is 0 Å². The summed E-state index contributed by atoms with van der Waals surface area (Å²) in [5, 5.41) is 2.45. The maximum Gasteiger partial charge on any atom is 0.150 e. The minimum absolute atomic E-state index is 0.0115. The van der Waals surface area contributed by atoms with E-state index in [9.17, 15) is 0 Å². The Kier molecular flexibility index (Phi) is 5.30. The molecule has 2 rings (SSSR count). The van der Waals surface area contributed by atoms with E-state index in [0.717, 1.165) is 30.9 Å². The second-order valence-electron chi connectivity index (χ2n) is 4.79. The maximum atomic E-state index is 5.82. The Hall–Kier alpha value is -1.22. The van der Waals surface area contributed by atoms with Gasteiger partial charge in [0, 0.05) is 5.56 Å². The molecule has 2 aromatic rings. The number of ether oxygens (including phenoxy) is 2. The van der Waals surface area contributed by atoms with Gasteiger partial charge in [0.15, 0.2) is 5.01 Å². The molecule has 1 unspecified atom stereocenters. The van der Waals surface area contributed by atoms with Crippen LogP contribution in [0.5, 0.6) is 11.5 Å². The molecule has 0 N–H and O–H groups in total. The molecule has 0 aliphatic heterocycles. The fourth-order valence-corrected chi connectivity index (χ4v) is 2.51. The van der Waals surface area contributed by atoms with Gasteiger partial charge in [-0.15, -0.1) is 0 Å². The molecule has 20 heavy (non-hydrogen) atoms. The number of aryl methyl sites for hydroxylation is 1. The summed E-state index contributed by atoms with van der Waals surface area (Å²) in [7, 11) is 0. The lowest BCUT2D eigenvalue weighted by atomic mass is 10.0. The van der Waals surface area contributed by atoms with Crippen molar-refractivity contribution in [2.45, 2.75) is 38.6 Å². The molecule has 0 aliphatic carbocycles. The molecule has 0 spiro atoms. The van der Waals surface area contributed by atoms with Crippen LogP contribution in [0, 0.1) is 0 Å². The number of halogens is 1. The Morgan fingerprint density at radius 2 is 1.95 bits per heavy atom. The van der Waals surface area contributed by atoms with Crippen molar-refractivity contribution in [3.63, 3.8) is 0 Å². The van der Waals surface area contributed by atoms with Crippen LogP contribution < -0.4 is 9.47 Å². The van der Waals surface area contributed by atoms with E-state index in [1.165, 1.54) is 16.3 Å². The van der Waals surface area contributed by atoms with Crippen molar-refractivity contribution in [2.24, 2.45) is 0 Å². The minimum atomic E-state index is 0.0115. The normalized spacial score (nSPS) is 12.4. The third-order valence-corrected chi connectivity index (χ3v) is 3.36. The molecule has 2 aromatic carbocycles. The monoisotopic (exact) mass is 336 g/mol. The summed E-state index contributed by atoms with van der Waals surface area (Å²) in [6.07, 6.45) is 1.97. The highest BCUT2D eigenvalue weighted by atomic mass is 79.9. The van der Waals surface area contributed by atoms with E-state index < -0.39 is 0 Å². The predicted octanol–water partition coefficient (Wildman–Crippen LogP) is 5.31. The molecule has 0 amide bonds. The van der Waals surface area contributed by atoms with Crippen LogP contribution >= 0.6 is 15.9 Å². The number of hydrogen-bond acceptors (Lipinski definition) is 2. The van der Waals surface area contributed by atoms with Crippen molar-refractivity contribution >= 4 is 26.7 Å². The summed E-state index contributed by atoms with van der Waals surface area (Å²) >= 11 is 3.44. The first-order valence-electron chi connectivity index (χ1n) is 7.14. The average Bonchev–Trinajstić information content (AvgIpc) is 2.44. The lowest BCUT2D eigenvalue weighted by Gasteiger charge is -2.15. The van der Waals surface area contributed by atoms with Crippen LogP contribution in [0.3, 0.4) is 0 Å². The van der Waals surface area contributed by atoms with Gasteiger partial charge in [-0.05, 0) is 64.7 Å². The van der Waals surface area contributed by atoms with Gasteiger partial charge >= 0.3 is 0 Å². The second-order valence-corrected chi connectivity index (χ2v) is 6.08. The summed E-state index contributed by atoms with van der Waals surface area (Å²) in [6, 6.07) is 10.4. The van der Waals surface area contributed by atoms with Crippen LogP contribution in [-0.4, -0.2) is 11.6 Å². The van der Waals surface area contributed by atoms with Crippen LogP contribution in [0.1, 0.15) is 32.8 Å². The van der Waals surface area contributed by atoms with E-state index in [2.05, 4.69) is 48.0 Å². The Morgan fingerprint density at radius 1 is 1.15 bits per heavy atom. The topological polar surface area (TPSA) is 18.5 Å². The SMILES string of the molecule is CCCOc1ccc2c(CC)c(OC(C)Br)ccc2c1. The largest absolute Gasteiger partial charge is 0.494 e. The highest BCUT2D eigenvalue weighted by Gasteiger charge is 2.10. The predicted molar refractivity (Wildman–Crippen MR) is 88.1 cm³/mol. The summed E-state index contributed by atoms with van der Waals surface area (Å²) in [5.41, 5.74) is 1.25. The number of alkyl halides is 1. The Balaban J connectivity index is 2.41. The fourth-order valence-electron chi connectivity index (χ4n) is 2.31. The molecule has 108 valence electrons. The smallest absolute Gasteiger partial charge is 0.150 e. The number of benzene rings is 2. The quantitative estimate of drug-likeness (QED) is 0.665. The first kappa shape index (κ1) is 15.2. The highest BCUT2D eigenvalue weighted by molar-refractivity contribution is 9.09. The van der Waals surface area contributed by atoms with Gasteiger partial charge in [0.1, 0.15) is 11.5 Å². The standard InChI is InChI=1S/C17H21BrO2/c1-4-10-19-14-7-8-16-13(11-14)6-9-17(15(16)5-2)20-12(3)18/h6-9,11-12H,4-5,10H2,1-3H3. The number of rotatable bonds is 6. The van der Waals surface area contributed by atoms with Gasteiger partial charge in [-0.1, -0.05) is 26.0 Å². The summed E-state index contributed by atoms with van der Waals surface area (Å²) < 4.78 is 11.5. The molecule has 0 saturated carbocycles. The molecule has 2 nitrogen and oxygen atoms in total. The van der Waals surface area contributed by atoms with Gasteiger partial charge in [0.25, 0.3) is 0 Å². The molecule has 0 aliphatic rings. The maximum absolute atomic E-state index is 5.82. The zero-order valence-corrected chi connectivity index (χ0v) is 13.9. The second kappa shape index (κ2) is 6.98. The van der Waals surface area contributed by atoms with Crippen molar-refractivity contribution in [1.82, 2.24) is 0 Å². The van der Waals surface area contributed by atoms with Gasteiger partial charge in [-0.3, -0.25) is 0 Å². The van der Waals surface area contributed by atoms with Crippen molar-refractivity contribution < 1.29 is 9.47 Å². The van der Waals surface area contributed by atoms with Crippen LogP contribution in [0.4, 0.5) is 0 Å². The third kappa shape index (κ3) is 3.45. The van der Waals surface area contributed by atoms with Crippen molar-refractivity contribution in [3.05, 3.63) is 35.9 Å². The van der Waals surface area contributed by atoms with Crippen LogP contribution in [0.2, 0.25) is 0 Å². The molecule has 0 radical (unpaired) electrons. The van der Waals surface area contributed by atoms with E-state index >= 15 is 0 Å². The molecule has 0 heterocycles. The first-order valence-corrected chi connectivity index (χ1v) is 8.06. The number of fused-ring (bicyclic) bond motifs is 1. The first-order chi connectivity index (χ1) is 9.65. The molecule has 3 heteroatoms. The van der Waals surface area contributed by atoms with Crippen molar-refractivity contribution in [1.29, 1.82) is 0 Å². The fraction of sp³-hybridized carbons (Fsp3) is 0.412. The van der Waals surface area contributed by atoms with Crippen molar-refractivity contribution in [2.75, 3.05) is 6.61 Å². The van der Waals surface area contributed by atoms with E-state index in [-0.39, 0.29) is 5.01 Å². The molecule has 0 bridgehead atoms. The van der Waals surface area contributed by atoms with Crippen LogP contribution in [-0.2, 0) is 6.42 Å². The third-order valence-electron chi connectivity index (χ3n) is 3.18. The van der Waals surface area contributed by atoms with E-state index in [0.29, 0.717) is 0 Å². The molecule has 0 fully saturated rings. The molecular formula is C17H21BrO2. The van der Waals surface area contributed by atoms with Gasteiger partial charge in [-0.2, -0.15) is 0 Å². The zero-order chi connectivity index (χ0) is 14.5. The Labute approximate surface area is 129 Å². The highest BCUT2D eigenvalue weighted by Crippen LogP contribution is 2.32. The molecular weight excluding hydrogens is 316 g/mol. The Morgan fingerprint density at radius 3 is 2.60 bits per heavy atom. The summed E-state index contributed by atoms with van der Waals surface area (Å²) in [5.74, 6) is 1.88. The lowest BCUT2D eigenvalue weighted by molar-refractivity contribution is 0.311. The van der Waals surface area contributed by atoms with Crippen molar-refractivity contribution in [3.8, 4) is 11.5 Å². The van der Waals surface area contributed by atoms with E-state index in [1.807, 2.05) is 19.1 Å². The van der Waals surface area contributed by atoms with Gasteiger partial charge in [-0.25, -0.2) is 0 Å². The zero-order valence-electron chi connectivity index (χ0n) is 12.3. The van der Waals surface area contributed by atoms with Crippen LogP contribution in [0.15, 0.2) is 30.3 Å². The lowest BCUT2D eigenvalue weighted by Crippen LogP contribution is -2.04. The minimum Gasteiger partial charge on any atom is -0.494 e. The van der Waals surface area contributed by atoms with Gasteiger partial charge in [0.05, 0.1) is 6.61 Å². The van der Waals surface area contributed by atoms with Gasteiger partial charge in [0.2, 0.25) is 0 Å². The van der Waals surface area contributed by atoms with E-state index in [4.69, 9.17) is 9.47 Å². The van der Waals surface area contributed by atoms with Gasteiger partial charge < -0.3 is 9.47 Å². The molecule has 1 atom stereocenters. The van der Waals surface area contributed by atoms with Crippen LogP contribution in [0.25, 0.3) is 10.8 Å². The number of hydrogen-bond donors (Lipinski definition) is 0.